The van der Waals surface area contributed by atoms with Crippen LogP contribution in [0.3, 0.4) is 0 Å². The van der Waals surface area contributed by atoms with Crippen molar-refractivity contribution in [1.82, 2.24) is 10.2 Å². The third kappa shape index (κ3) is 4.06. The average molecular weight is 455 g/mol. The molecular formula is C15H15BIN3O5. The first kappa shape index (κ1) is 17.6. The molecule has 2 aliphatic rings. The summed E-state index contributed by atoms with van der Waals surface area (Å²) in [4.78, 5) is 36.5. The van der Waals surface area contributed by atoms with Gasteiger partial charge in [-0.15, -0.1) is 0 Å². The molecule has 25 heavy (non-hydrogen) atoms. The lowest BCUT2D eigenvalue weighted by Crippen LogP contribution is -2.52. The van der Waals surface area contributed by atoms with Crippen molar-refractivity contribution in [1.29, 1.82) is 0 Å². The SMILES string of the molecule is O=NB1Oc2c(cccc2C(=O)O)C[C@@H]1NC(=O)CCN1C=CI=C1. The number of amides is 1. The molecular weight excluding hydrogens is 440 g/mol. The van der Waals surface area contributed by atoms with Gasteiger partial charge < -0.3 is 20.0 Å². The van der Waals surface area contributed by atoms with Crippen LogP contribution < -0.4 is 9.97 Å². The summed E-state index contributed by atoms with van der Waals surface area (Å²) >= 11 is -0.0317. The van der Waals surface area contributed by atoms with Crippen LogP contribution in [-0.2, 0) is 11.2 Å². The number of carboxylic acids is 1. The number of carboxylic acid groups (broad SMARTS) is 1. The highest BCUT2D eigenvalue weighted by molar-refractivity contribution is 14.2. The first-order valence-electron chi connectivity index (χ1n) is 7.60. The third-order valence-electron chi connectivity index (χ3n) is 3.90. The second-order valence-electron chi connectivity index (χ2n) is 5.58. The number of rotatable bonds is 6. The highest BCUT2D eigenvalue weighted by Gasteiger charge is 2.40. The fourth-order valence-electron chi connectivity index (χ4n) is 2.69. The number of nitrogens with one attached hydrogen (secondary N) is 1. The van der Waals surface area contributed by atoms with Crippen molar-refractivity contribution in [3.8, 4) is 5.75 Å². The summed E-state index contributed by atoms with van der Waals surface area (Å²) in [7, 11) is -1.15. The molecule has 130 valence electrons. The summed E-state index contributed by atoms with van der Waals surface area (Å²) in [6.45, 7) is 0.578. The van der Waals surface area contributed by atoms with Crippen molar-refractivity contribution in [2.75, 3.05) is 6.54 Å². The average Bonchev–Trinajstić information content (AvgIpc) is 3.12. The number of halogens is 1. The van der Waals surface area contributed by atoms with Gasteiger partial charge in [0.15, 0.2) is 0 Å². The highest BCUT2D eigenvalue weighted by atomic mass is 127. The van der Waals surface area contributed by atoms with Gasteiger partial charge >= 0.3 is 13.0 Å². The van der Waals surface area contributed by atoms with E-state index in [1.807, 2.05) is 11.1 Å². The Labute approximate surface area is 154 Å². The van der Waals surface area contributed by atoms with Crippen LogP contribution in [-0.4, -0.2) is 45.6 Å². The first-order valence-corrected chi connectivity index (χ1v) is 10.1. The zero-order valence-electron chi connectivity index (χ0n) is 13.1. The summed E-state index contributed by atoms with van der Waals surface area (Å²) in [6, 6.07) is 4.73. The molecule has 0 saturated carbocycles. The number of hydrogen-bond acceptors (Lipinski definition) is 6. The molecule has 0 spiro atoms. The Hall–Kier alpha value is -2.24. The van der Waals surface area contributed by atoms with E-state index in [9.17, 15) is 19.6 Å². The molecule has 10 heteroatoms. The van der Waals surface area contributed by atoms with Crippen molar-refractivity contribution in [2.24, 2.45) is 5.09 Å². The maximum atomic E-state index is 12.2. The lowest BCUT2D eigenvalue weighted by Gasteiger charge is -2.28. The van der Waals surface area contributed by atoms with Crippen molar-refractivity contribution in [3.63, 3.8) is 0 Å². The van der Waals surface area contributed by atoms with Gasteiger partial charge in [-0.3, -0.25) is 4.79 Å². The zero-order chi connectivity index (χ0) is 17.8. The number of nitroso groups, excluding NO2 is 1. The molecule has 8 nitrogen and oxygen atoms in total. The van der Waals surface area contributed by atoms with Gasteiger partial charge in [0.2, 0.25) is 5.91 Å². The van der Waals surface area contributed by atoms with Crippen LogP contribution in [0.15, 0.2) is 33.6 Å². The summed E-state index contributed by atoms with van der Waals surface area (Å²) in [6.07, 6.45) is 2.54. The molecule has 0 saturated heterocycles. The molecule has 2 aliphatic heterocycles. The van der Waals surface area contributed by atoms with Crippen molar-refractivity contribution in [3.05, 3.63) is 44.5 Å². The summed E-state index contributed by atoms with van der Waals surface area (Å²) < 4.78 is 9.67. The van der Waals surface area contributed by atoms with Gasteiger partial charge in [-0.1, -0.05) is 38.0 Å². The quantitative estimate of drug-likeness (QED) is 0.383. The number of benzene rings is 1. The van der Waals surface area contributed by atoms with Crippen LogP contribution in [0.4, 0.5) is 0 Å². The Morgan fingerprint density at radius 3 is 3.00 bits per heavy atom. The van der Waals surface area contributed by atoms with E-state index < -0.39 is 19.0 Å². The number of carbonyl (C=O) groups is 2. The number of para-hydroxylation sites is 1. The Balaban J connectivity index is 1.67. The normalized spacial score (nSPS) is 18.2. The molecule has 0 aromatic heterocycles. The van der Waals surface area contributed by atoms with E-state index in [0.717, 1.165) is 0 Å². The molecule has 0 aliphatic carbocycles. The molecule has 0 fully saturated rings. The fourth-order valence-corrected chi connectivity index (χ4v) is 4.35. The molecule has 2 heterocycles. The van der Waals surface area contributed by atoms with E-state index in [2.05, 4.69) is 18.6 Å². The van der Waals surface area contributed by atoms with Gasteiger partial charge in [-0.2, -0.15) is 4.91 Å². The minimum Gasteiger partial charge on any atom is -0.536 e. The number of fused-ring (bicyclic) bond motifs is 1. The third-order valence-corrected chi connectivity index (χ3v) is 5.67. The zero-order valence-corrected chi connectivity index (χ0v) is 15.3. The standard InChI is InChI=1S/C15H15BIN3O5/c21-13(4-6-20-7-5-17-9-20)18-12-8-10-2-1-3-11(15(22)23)14(10)25-16(12)19-24/h1-3,5,7,9,12H,4,6,8H2,(H,18,21)(H,22,23)/t12-/m0/s1. The molecule has 0 bridgehead atoms. The number of nitrogens with zero attached hydrogens (tertiary/aromatic N) is 2. The van der Waals surface area contributed by atoms with Gasteiger partial charge in [0.05, 0.1) is 11.5 Å². The molecule has 1 aromatic rings. The number of aromatic carboxylic acids is 1. The van der Waals surface area contributed by atoms with Crippen LogP contribution in [0.1, 0.15) is 22.3 Å². The topological polar surface area (TPSA) is 108 Å². The minimum atomic E-state index is -1.15. The molecule has 3 rings (SSSR count). The number of carbonyl (C=O) groups excluding carboxylic acids is 1. The van der Waals surface area contributed by atoms with E-state index >= 15 is 0 Å². The fraction of sp³-hybridized carbons (Fsp3) is 0.267. The first-order chi connectivity index (χ1) is 12.1. The number of hydrogen-bond donors (Lipinski definition) is 2. The summed E-state index contributed by atoms with van der Waals surface area (Å²) in [5, 5.41) is 14.9. The van der Waals surface area contributed by atoms with E-state index in [1.165, 1.54) is 6.07 Å². The molecule has 1 atom stereocenters. The Morgan fingerprint density at radius 1 is 1.48 bits per heavy atom. The molecule has 0 radical (unpaired) electrons. The van der Waals surface area contributed by atoms with Crippen molar-refractivity contribution in [2.45, 2.75) is 18.8 Å². The minimum absolute atomic E-state index is 0.0180. The molecule has 1 amide bonds. The van der Waals surface area contributed by atoms with E-state index in [-0.39, 0.29) is 44.4 Å². The van der Waals surface area contributed by atoms with Crippen LogP contribution in [0, 0.1) is 4.91 Å². The van der Waals surface area contributed by atoms with E-state index in [4.69, 9.17) is 4.65 Å². The second-order valence-corrected chi connectivity index (χ2v) is 7.57. The largest absolute Gasteiger partial charge is 0.570 e. The maximum Gasteiger partial charge on any atom is 0.570 e. The van der Waals surface area contributed by atoms with Crippen LogP contribution in [0.5, 0.6) is 5.75 Å². The van der Waals surface area contributed by atoms with Crippen molar-refractivity contribution < 1.29 is 19.3 Å². The lowest BCUT2D eigenvalue weighted by molar-refractivity contribution is -0.121. The Bertz CT molecular complexity index is 758. The maximum absolute atomic E-state index is 12.2. The predicted molar refractivity (Wildman–Crippen MR) is 102 cm³/mol. The highest BCUT2D eigenvalue weighted by Crippen LogP contribution is 2.30. The van der Waals surface area contributed by atoms with Crippen molar-refractivity contribution >= 4 is 43.8 Å². The second kappa shape index (κ2) is 7.76. The van der Waals surface area contributed by atoms with Crippen LogP contribution in [0.2, 0.25) is 0 Å². The van der Waals surface area contributed by atoms with E-state index in [1.54, 1.807) is 12.1 Å². The Kier molecular flexibility index (Phi) is 5.46. The van der Waals surface area contributed by atoms with Crippen LogP contribution in [0.25, 0.3) is 0 Å². The predicted octanol–water partition coefficient (Wildman–Crippen LogP) is 1.51. The Morgan fingerprint density at radius 2 is 2.32 bits per heavy atom. The lowest BCUT2D eigenvalue weighted by atomic mass is 9.68. The van der Waals surface area contributed by atoms with Gasteiger partial charge in [-0.05, 0) is 22.1 Å². The molecule has 0 unspecified atom stereocenters. The molecule has 1 aromatic carbocycles. The van der Waals surface area contributed by atoms with Gasteiger partial charge in [0.1, 0.15) is 5.75 Å². The monoisotopic (exact) mass is 455 g/mol. The smallest absolute Gasteiger partial charge is 0.536 e. The van der Waals surface area contributed by atoms with Gasteiger partial charge in [0.25, 0.3) is 0 Å². The van der Waals surface area contributed by atoms with Gasteiger partial charge in [-0.25, -0.2) is 4.79 Å². The summed E-state index contributed by atoms with van der Waals surface area (Å²) in [5.41, 5.74) is 0.612. The summed E-state index contributed by atoms with van der Waals surface area (Å²) in [5.74, 6) is -1.81. The molecule has 2 N–H and O–H groups in total. The van der Waals surface area contributed by atoms with Crippen LogP contribution >= 0.6 is 20.7 Å². The van der Waals surface area contributed by atoms with E-state index in [0.29, 0.717) is 18.5 Å². The van der Waals surface area contributed by atoms with Gasteiger partial charge in [0, 0.05) is 23.3 Å².